The summed E-state index contributed by atoms with van der Waals surface area (Å²) in [7, 11) is 0. The normalized spacial score (nSPS) is 17.9. The second-order valence-electron chi connectivity index (χ2n) is 6.81. The highest BCUT2D eigenvalue weighted by atomic mass is 35.5. The maximum Gasteiger partial charge on any atom is 0.244 e. The molecule has 7 heteroatoms. The molecule has 0 saturated carbocycles. The highest BCUT2D eigenvalue weighted by Gasteiger charge is 2.29. The third kappa shape index (κ3) is 4.07. The molecule has 2 aromatic rings. The van der Waals surface area contributed by atoms with Gasteiger partial charge in [0.15, 0.2) is 0 Å². The van der Waals surface area contributed by atoms with E-state index in [1.165, 1.54) is 0 Å². The van der Waals surface area contributed by atoms with Gasteiger partial charge in [-0.2, -0.15) is 4.98 Å². The monoisotopic (exact) mass is 376 g/mol. The van der Waals surface area contributed by atoms with E-state index in [-0.39, 0.29) is 17.9 Å². The minimum absolute atomic E-state index is 0.0180. The van der Waals surface area contributed by atoms with Crippen LogP contribution in [0.5, 0.6) is 0 Å². The Morgan fingerprint density at radius 3 is 2.46 bits per heavy atom. The number of benzene rings is 1. The first-order valence-corrected chi connectivity index (χ1v) is 9.49. The summed E-state index contributed by atoms with van der Waals surface area (Å²) < 4.78 is 5.48. The SMILES string of the molecule is CC[C@@H](C)C(=O)N1CCN([C@H](C)c2nc(-c3ccc(Cl)cc3)no2)CC1. The Kier molecular flexibility index (Phi) is 5.94. The van der Waals surface area contributed by atoms with Gasteiger partial charge in [-0.3, -0.25) is 9.69 Å². The van der Waals surface area contributed by atoms with E-state index in [0.29, 0.717) is 16.7 Å². The van der Waals surface area contributed by atoms with Gasteiger partial charge in [0.2, 0.25) is 17.6 Å². The fourth-order valence-electron chi connectivity index (χ4n) is 3.09. The Hall–Kier alpha value is -1.92. The molecule has 3 rings (SSSR count). The standard InChI is InChI=1S/C19H25ClN4O2/c1-4-13(2)19(25)24-11-9-23(10-12-24)14(3)18-21-17(22-26-18)15-5-7-16(20)8-6-15/h5-8,13-14H,4,9-12H2,1-3H3/t13-,14-/m1/s1. The molecule has 6 nitrogen and oxygen atoms in total. The predicted octanol–water partition coefficient (Wildman–Crippen LogP) is 3.64. The molecule has 1 amide bonds. The summed E-state index contributed by atoms with van der Waals surface area (Å²) in [5, 5.41) is 4.77. The number of nitrogens with zero attached hydrogens (tertiary/aromatic N) is 4. The number of halogens is 1. The molecular formula is C19H25ClN4O2. The van der Waals surface area contributed by atoms with E-state index >= 15 is 0 Å². The van der Waals surface area contributed by atoms with Gasteiger partial charge in [0.1, 0.15) is 0 Å². The van der Waals surface area contributed by atoms with E-state index in [4.69, 9.17) is 16.1 Å². The Balaban J connectivity index is 1.61. The first-order valence-electron chi connectivity index (χ1n) is 9.12. The van der Waals surface area contributed by atoms with Crippen LogP contribution in [0, 0.1) is 5.92 Å². The molecule has 0 unspecified atom stereocenters. The zero-order chi connectivity index (χ0) is 18.7. The van der Waals surface area contributed by atoms with Crippen LogP contribution in [0.1, 0.15) is 39.1 Å². The lowest BCUT2D eigenvalue weighted by atomic mass is 10.1. The third-order valence-electron chi connectivity index (χ3n) is 5.11. The number of amides is 1. The molecule has 1 aliphatic rings. The summed E-state index contributed by atoms with van der Waals surface area (Å²) in [5.41, 5.74) is 0.876. The molecule has 1 saturated heterocycles. The minimum atomic E-state index is 0.0180. The maximum atomic E-state index is 12.3. The number of piperazine rings is 1. The lowest BCUT2D eigenvalue weighted by Gasteiger charge is -2.37. The molecule has 0 spiro atoms. The molecular weight excluding hydrogens is 352 g/mol. The van der Waals surface area contributed by atoms with Crippen molar-refractivity contribution in [2.24, 2.45) is 5.92 Å². The van der Waals surface area contributed by atoms with E-state index in [9.17, 15) is 4.79 Å². The van der Waals surface area contributed by atoms with Gasteiger partial charge in [0.05, 0.1) is 6.04 Å². The summed E-state index contributed by atoms with van der Waals surface area (Å²) in [4.78, 5) is 21.1. The highest BCUT2D eigenvalue weighted by molar-refractivity contribution is 6.30. The van der Waals surface area contributed by atoms with Crippen LogP contribution < -0.4 is 0 Å². The molecule has 26 heavy (non-hydrogen) atoms. The molecule has 0 radical (unpaired) electrons. The Bertz CT molecular complexity index is 738. The van der Waals surface area contributed by atoms with Crippen LogP contribution in [0.4, 0.5) is 0 Å². The fourth-order valence-corrected chi connectivity index (χ4v) is 3.22. The topological polar surface area (TPSA) is 62.5 Å². The molecule has 0 N–H and O–H groups in total. The van der Waals surface area contributed by atoms with Crippen molar-refractivity contribution in [2.45, 2.75) is 33.2 Å². The van der Waals surface area contributed by atoms with Gasteiger partial charge < -0.3 is 9.42 Å². The summed E-state index contributed by atoms with van der Waals surface area (Å²) in [5.74, 6) is 1.50. The summed E-state index contributed by atoms with van der Waals surface area (Å²) in [6.07, 6.45) is 0.880. The minimum Gasteiger partial charge on any atom is -0.340 e. The first kappa shape index (κ1) is 18.9. The summed E-state index contributed by atoms with van der Waals surface area (Å²) >= 11 is 5.92. The van der Waals surface area contributed by atoms with Gasteiger partial charge in [-0.15, -0.1) is 0 Å². The van der Waals surface area contributed by atoms with E-state index < -0.39 is 0 Å². The van der Waals surface area contributed by atoms with Crippen LogP contribution in [-0.4, -0.2) is 52.0 Å². The van der Waals surface area contributed by atoms with Crippen LogP contribution in [0.3, 0.4) is 0 Å². The second-order valence-corrected chi connectivity index (χ2v) is 7.25. The van der Waals surface area contributed by atoms with Gasteiger partial charge in [-0.25, -0.2) is 0 Å². The number of rotatable bonds is 5. The molecule has 1 fully saturated rings. The van der Waals surface area contributed by atoms with E-state index in [1.807, 2.05) is 36.1 Å². The maximum absolute atomic E-state index is 12.3. The highest BCUT2D eigenvalue weighted by Crippen LogP contribution is 2.24. The van der Waals surface area contributed by atoms with Crippen molar-refractivity contribution in [3.05, 3.63) is 35.2 Å². The van der Waals surface area contributed by atoms with E-state index in [0.717, 1.165) is 38.2 Å². The molecule has 0 bridgehead atoms. The van der Waals surface area contributed by atoms with Gasteiger partial charge in [-0.1, -0.05) is 30.6 Å². The lowest BCUT2D eigenvalue weighted by Crippen LogP contribution is -2.50. The summed E-state index contributed by atoms with van der Waals surface area (Å²) in [6.45, 7) is 9.20. The Labute approximate surface area is 159 Å². The fraction of sp³-hybridized carbons (Fsp3) is 0.526. The van der Waals surface area contributed by atoms with Crippen LogP contribution >= 0.6 is 11.6 Å². The van der Waals surface area contributed by atoms with E-state index in [1.54, 1.807) is 0 Å². The third-order valence-corrected chi connectivity index (χ3v) is 5.36. The van der Waals surface area contributed by atoms with Gasteiger partial charge >= 0.3 is 0 Å². The van der Waals surface area contributed by atoms with Crippen molar-refractivity contribution < 1.29 is 9.32 Å². The van der Waals surface area contributed by atoms with Crippen molar-refractivity contribution in [3.8, 4) is 11.4 Å². The molecule has 0 aliphatic carbocycles. The van der Waals surface area contributed by atoms with Crippen molar-refractivity contribution >= 4 is 17.5 Å². The first-order chi connectivity index (χ1) is 12.5. The van der Waals surface area contributed by atoms with Crippen molar-refractivity contribution in [2.75, 3.05) is 26.2 Å². The predicted molar refractivity (Wildman–Crippen MR) is 101 cm³/mol. The smallest absolute Gasteiger partial charge is 0.244 e. The average molecular weight is 377 g/mol. The Morgan fingerprint density at radius 1 is 1.19 bits per heavy atom. The number of hydrogen-bond acceptors (Lipinski definition) is 5. The molecule has 2 atom stereocenters. The molecule has 2 heterocycles. The van der Waals surface area contributed by atoms with Crippen LogP contribution in [-0.2, 0) is 4.79 Å². The lowest BCUT2D eigenvalue weighted by molar-refractivity contribution is -0.137. The van der Waals surface area contributed by atoms with Gasteiger partial charge in [-0.05, 0) is 37.6 Å². The quantitative estimate of drug-likeness (QED) is 0.797. The zero-order valence-corrected chi connectivity index (χ0v) is 16.2. The number of aromatic nitrogens is 2. The van der Waals surface area contributed by atoms with Crippen molar-refractivity contribution in [1.82, 2.24) is 19.9 Å². The molecule has 140 valence electrons. The largest absolute Gasteiger partial charge is 0.340 e. The molecule has 1 aromatic carbocycles. The van der Waals surface area contributed by atoms with Crippen LogP contribution in [0.2, 0.25) is 5.02 Å². The average Bonchev–Trinajstić information content (AvgIpc) is 3.17. The second kappa shape index (κ2) is 8.18. The Morgan fingerprint density at radius 2 is 1.85 bits per heavy atom. The van der Waals surface area contributed by atoms with Crippen molar-refractivity contribution in [1.29, 1.82) is 0 Å². The zero-order valence-electron chi connectivity index (χ0n) is 15.5. The number of carbonyl (C=O) groups is 1. The number of carbonyl (C=O) groups excluding carboxylic acids is 1. The summed E-state index contributed by atoms with van der Waals surface area (Å²) in [6, 6.07) is 7.39. The van der Waals surface area contributed by atoms with Gasteiger partial charge in [0.25, 0.3) is 0 Å². The number of hydrogen-bond donors (Lipinski definition) is 0. The van der Waals surface area contributed by atoms with Gasteiger partial charge in [0, 0.05) is 42.7 Å². The molecule has 1 aromatic heterocycles. The van der Waals surface area contributed by atoms with Crippen molar-refractivity contribution in [3.63, 3.8) is 0 Å². The molecule has 1 aliphatic heterocycles. The van der Waals surface area contributed by atoms with E-state index in [2.05, 4.69) is 28.9 Å². The van der Waals surface area contributed by atoms with Crippen LogP contribution in [0.25, 0.3) is 11.4 Å². The van der Waals surface area contributed by atoms with Crippen LogP contribution in [0.15, 0.2) is 28.8 Å².